The van der Waals surface area contributed by atoms with Crippen LogP contribution in [-0.4, -0.2) is 10.8 Å². The van der Waals surface area contributed by atoms with Gasteiger partial charge in [0.2, 0.25) is 4.80 Å². The van der Waals surface area contributed by atoms with E-state index in [9.17, 15) is 0 Å². The molecular formula is C17H17N3S. The minimum atomic E-state index is 0.901. The second-order valence-corrected chi connectivity index (χ2v) is 6.13. The van der Waals surface area contributed by atoms with Crippen LogP contribution in [0.3, 0.4) is 0 Å². The van der Waals surface area contributed by atoms with Crippen molar-refractivity contribution in [1.29, 1.82) is 0 Å². The van der Waals surface area contributed by atoms with Gasteiger partial charge in [-0.05, 0) is 37.1 Å². The molecule has 0 atom stereocenters. The van der Waals surface area contributed by atoms with Crippen molar-refractivity contribution in [3.63, 3.8) is 0 Å². The molecule has 1 heterocycles. The quantitative estimate of drug-likeness (QED) is 0.508. The van der Waals surface area contributed by atoms with E-state index in [4.69, 9.17) is 0 Å². The molecule has 106 valence electrons. The third kappa shape index (κ3) is 2.81. The average Bonchev–Trinajstić information content (AvgIpc) is 2.80. The van der Waals surface area contributed by atoms with Gasteiger partial charge in [0.05, 0.1) is 16.4 Å². The first-order valence-corrected chi connectivity index (χ1v) is 7.66. The Labute approximate surface area is 127 Å². The molecule has 2 aromatic carbocycles. The van der Waals surface area contributed by atoms with Crippen LogP contribution in [0.15, 0.2) is 52.7 Å². The summed E-state index contributed by atoms with van der Waals surface area (Å²) in [6, 6.07) is 14.6. The van der Waals surface area contributed by atoms with Crippen LogP contribution in [0.25, 0.3) is 10.2 Å². The second kappa shape index (κ2) is 5.66. The molecule has 0 bridgehead atoms. The summed E-state index contributed by atoms with van der Waals surface area (Å²) in [5.74, 6) is 0. The predicted octanol–water partition coefficient (Wildman–Crippen LogP) is 3.79. The number of para-hydroxylation sites is 1. The van der Waals surface area contributed by atoms with Gasteiger partial charge in [-0.1, -0.05) is 47.2 Å². The van der Waals surface area contributed by atoms with Crippen LogP contribution in [0.1, 0.15) is 16.7 Å². The molecule has 0 aliphatic rings. The van der Waals surface area contributed by atoms with E-state index in [0.29, 0.717) is 0 Å². The predicted molar refractivity (Wildman–Crippen MR) is 89.9 cm³/mol. The summed E-state index contributed by atoms with van der Waals surface area (Å²) in [5.41, 5.74) is 4.74. The van der Waals surface area contributed by atoms with Crippen LogP contribution in [0.2, 0.25) is 0 Å². The summed E-state index contributed by atoms with van der Waals surface area (Å²) >= 11 is 1.65. The van der Waals surface area contributed by atoms with Gasteiger partial charge in [-0.3, -0.25) is 0 Å². The maximum Gasteiger partial charge on any atom is 0.211 e. The lowest BCUT2D eigenvalue weighted by atomic mass is 10.1. The third-order valence-corrected chi connectivity index (χ3v) is 4.59. The topological polar surface area (TPSA) is 29.6 Å². The molecule has 0 aliphatic carbocycles. The highest BCUT2D eigenvalue weighted by atomic mass is 32.1. The Hall–Kier alpha value is -2.20. The number of rotatable bonds is 2. The lowest BCUT2D eigenvalue weighted by Crippen LogP contribution is -2.08. The highest BCUT2D eigenvalue weighted by molar-refractivity contribution is 7.16. The Morgan fingerprint density at radius 2 is 1.90 bits per heavy atom. The van der Waals surface area contributed by atoms with Crippen LogP contribution in [0.4, 0.5) is 0 Å². The summed E-state index contributed by atoms with van der Waals surface area (Å²) < 4.78 is 3.29. The molecule has 3 nitrogen and oxygen atoms in total. The van der Waals surface area contributed by atoms with Crippen molar-refractivity contribution in [3.8, 4) is 0 Å². The number of hydrogen-bond donors (Lipinski definition) is 0. The minimum Gasteiger partial charge on any atom is -0.318 e. The molecular weight excluding hydrogens is 278 g/mol. The summed E-state index contributed by atoms with van der Waals surface area (Å²) in [4.78, 5) is 0.901. The smallest absolute Gasteiger partial charge is 0.211 e. The first-order chi connectivity index (χ1) is 10.1. The fraction of sp³-hybridized carbons (Fsp3) is 0.176. The number of thiazole rings is 1. The summed E-state index contributed by atoms with van der Waals surface area (Å²) in [6.45, 7) is 4.17. The fourth-order valence-corrected chi connectivity index (χ4v) is 3.19. The van der Waals surface area contributed by atoms with Gasteiger partial charge in [0, 0.05) is 7.05 Å². The Kier molecular flexibility index (Phi) is 3.71. The SMILES string of the molecule is Cc1ccc(C)c(C=N/N=c2\sc3ccccc3n2C)c1. The molecule has 0 N–H and O–H groups in total. The number of aromatic nitrogens is 1. The Morgan fingerprint density at radius 3 is 2.71 bits per heavy atom. The van der Waals surface area contributed by atoms with Crippen LogP contribution in [0.5, 0.6) is 0 Å². The van der Waals surface area contributed by atoms with Crippen molar-refractivity contribution in [3.05, 3.63) is 64.0 Å². The number of hydrogen-bond acceptors (Lipinski definition) is 3. The van der Waals surface area contributed by atoms with Crippen molar-refractivity contribution >= 4 is 27.8 Å². The molecule has 4 heteroatoms. The molecule has 0 saturated carbocycles. The van der Waals surface area contributed by atoms with Gasteiger partial charge in [-0.2, -0.15) is 5.10 Å². The molecule has 0 radical (unpaired) electrons. The molecule has 0 spiro atoms. The molecule has 21 heavy (non-hydrogen) atoms. The summed E-state index contributed by atoms with van der Waals surface area (Å²) in [7, 11) is 2.02. The minimum absolute atomic E-state index is 0.901. The molecule has 0 amide bonds. The number of fused-ring (bicyclic) bond motifs is 1. The van der Waals surface area contributed by atoms with E-state index in [2.05, 4.69) is 58.9 Å². The van der Waals surface area contributed by atoms with Crippen LogP contribution in [-0.2, 0) is 7.05 Å². The third-order valence-electron chi connectivity index (χ3n) is 3.49. The second-order valence-electron chi connectivity index (χ2n) is 5.12. The summed E-state index contributed by atoms with van der Waals surface area (Å²) in [5, 5.41) is 8.62. The highest BCUT2D eigenvalue weighted by Crippen LogP contribution is 2.15. The van der Waals surface area contributed by atoms with Crippen LogP contribution >= 0.6 is 11.3 Å². The average molecular weight is 295 g/mol. The molecule has 3 aromatic rings. The van der Waals surface area contributed by atoms with E-state index in [1.54, 1.807) is 11.3 Å². The van der Waals surface area contributed by atoms with Gasteiger partial charge < -0.3 is 4.57 Å². The molecule has 0 saturated heterocycles. The van der Waals surface area contributed by atoms with Gasteiger partial charge in [0.15, 0.2) is 0 Å². The molecule has 0 aliphatic heterocycles. The zero-order valence-electron chi connectivity index (χ0n) is 12.4. The Bertz CT molecular complexity index is 884. The Morgan fingerprint density at radius 1 is 1.10 bits per heavy atom. The van der Waals surface area contributed by atoms with Crippen molar-refractivity contribution in [1.82, 2.24) is 4.57 Å². The van der Waals surface area contributed by atoms with Gasteiger partial charge in [0.25, 0.3) is 0 Å². The van der Waals surface area contributed by atoms with Crippen molar-refractivity contribution < 1.29 is 0 Å². The number of benzene rings is 2. The zero-order valence-corrected chi connectivity index (χ0v) is 13.2. The number of aryl methyl sites for hydroxylation is 3. The molecule has 0 unspecified atom stereocenters. The monoisotopic (exact) mass is 295 g/mol. The zero-order chi connectivity index (χ0) is 14.8. The van der Waals surface area contributed by atoms with Gasteiger partial charge in [0.1, 0.15) is 0 Å². The lowest BCUT2D eigenvalue weighted by Gasteiger charge is -1.99. The van der Waals surface area contributed by atoms with Crippen LogP contribution < -0.4 is 4.80 Å². The van der Waals surface area contributed by atoms with E-state index < -0.39 is 0 Å². The normalized spacial score (nSPS) is 12.6. The van der Waals surface area contributed by atoms with Crippen molar-refractivity contribution in [2.45, 2.75) is 13.8 Å². The van der Waals surface area contributed by atoms with E-state index >= 15 is 0 Å². The Balaban J connectivity index is 1.99. The van der Waals surface area contributed by atoms with Gasteiger partial charge in [-0.25, -0.2) is 0 Å². The van der Waals surface area contributed by atoms with Crippen molar-refractivity contribution in [2.75, 3.05) is 0 Å². The largest absolute Gasteiger partial charge is 0.318 e. The van der Waals surface area contributed by atoms with E-state index in [1.165, 1.54) is 21.3 Å². The maximum atomic E-state index is 4.36. The van der Waals surface area contributed by atoms with Crippen molar-refractivity contribution in [2.24, 2.45) is 17.3 Å². The van der Waals surface area contributed by atoms with E-state index in [0.717, 1.165) is 10.4 Å². The first kappa shape index (κ1) is 13.8. The van der Waals surface area contributed by atoms with E-state index in [-0.39, 0.29) is 0 Å². The van der Waals surface area contributed by atoms with Crippen LogP contribution in [0, 0.1) is 13.8 Å². The maximum absolute atomic E-state index is 4.36. The first-order valence-electron chi connectivity index (χ1n) is 6.84. The van der Waals surface area contributed by atoms with E-state index in [1.807, 2.05) is 25.4 Å². The summed E-state index contributed by atoms with van der Waals surface area (Å²) in [6.07, 6.45) is 1.83. The standard InChI is InChI=1S/C17H17N3S/c1-12-8-9-13(2)14(10-12)11-18-19-17-20(3)15-6-4-5-7-16(15)21-17/h4-11H,1-3H3/b18-11?,19-17-. The van der Waals surface area contributed by atoms with Gasteiger partial charge in [-0.15, -0.1) is 5.10 Å². The highest BCUT2D eigenvalue weighted by Gasteiger charge is 2.00. The molecule has 1 aromatic heterocycles. The lowest BCUT2D eigenvalue weighted by molar-refractivity contribution is 0.889. The fourth-order valence-electron chi connectivity index (χ4n) is 2.22. The number of nitrogens with zero attached hydrogens (tertiary/aromatic N) is 3. The molecule has 3 rings (SSSR count). The molecule has 0 fully saturated rings. The van der Waals surface area contributed by atoms with Gasteiger partial charge >= 0.3 is 0 Å².